The number of carbonyl (C=O) groups excluding carboxylic acids is 1. The number of H-pyrrole nitrogens is 1. The molecule has 3 rings (SSSR count). The molecule has 3 aromatic heterocycles. The van der Waals surface area contributed by atoms with Gasteiger partial charge in [0.1, 0.15) is 5.82 Å². The summed E-state index contributed by atoms with van der Waals surface area (Å²) in [6.45, 7) is 6.42. The second-order valence-corrected chi connectivity index (χ2v) is 6.91. The van der Waals surface area contributed by atoms with Crippen molar-refractivity contribution in [1.82, 2.24) is 30.5 Å². The van der Waals surface area contributed by atoms with E-state index >= 15 is 0 Å². The average Bonchev–Trinajstić information content (AvgIpc) is 3.31. The topological polar surface area (TPSA) is 108 Å². The summed E-state index contributed by atoms with van der Waals surface area (Å²) in [5.41, 5.74) is 4.56. The molecule has 26 heavy (non-hydrogen) atoms. The minimum Gasteiger partial charge on any atom is -0.369 e. The predicted octanol–water partition coefficient (Wildman–Crippen LogP) is 2.42. The third kappa shape index (κ3) is 4.23. The van der Waals surface area contributed by atoms with Crippen LogP contribution in [0.25, 0.3) is 0 Å². The van der Waals surface area contributed by atoms with Crippen molar-refractivity contribution >= 4 is 23.1 Å². The lowest BCUT2D eigenvalue weighted by atomic mass is 10.2. The number of aromatic amines is 1. The van der Waals surface area contributed by atoms with Gasteiger partial charge < -0.3 is 10.6 Å². The first-order chi connectivity index (χ1) is 12.5. The first kappa shape index (κ1) is 18.0. The van der Waals surface area contributed by atoms with Crippen LogP contribution in [0.1, 0.15) is 45.3 Å². The Morgan fingerprint density at radius 2 is 2.15 bits per heavy atom. The van der Waals surface area contributed by atoms with E-state index in [9.17, 15) is 4.79 Å². The van der Waals surface area contributed by atoms with Gasteiger partial charge in [-0.3, -0.25) is 14.9 Å². The van der Waals surface area contributed by atoms with Gasteiger partial charge in [0.05, 0.1) is 17.7 Å². The van der Waals surface area contributed by atoms with Gasteiger partial charge in [-0.1, -0.05) is 0 Å². The zero-order valence-electron chi connectivity index (χ0n) is 14.9. The average molecular weight is 371 g/mol. The standard InChI is InChI=1S/C17H21N7OS/c1-10-11(2)22-16(17(25)23-12(3)14-8-18-9-26-14)24-15(10)19-5-4-13-6-20-21-7-13/h6-9,12H,4-5H2,1-3H3,(H,20,21)(H,23,25)(H,19,22,24). The van der Waals surface area contributed by atoms with Crippen LogP contribution < -0.4 is 10.6 Å². The van der Waals surface area contributed by atoms with Gasteiger partial charge in [-0.2, -0.15) is 5.10 Å². The summed E-state index contributed by atoms with van der Waals surface area (Å²) in [6, 6.07) is -0.141. The zero-order valence-corrected chi connectivity index (χ0v) is 15.7. The Balaban J connectivity index is 1.69. The third-order valence-corrected chi connectivity index (χ3v) is 5.04. The van der Waals surface area contributed by atoms with E-state index in [1.807, 2.05) is 27.0 Å². The molecule has 0 radical (unpaired) electrons. The summed E-state index contributed by atoms with van der Waals surface area (Å²) in [7, 11) is 0. The largest absolute Gasteiger partial charge is 0.369 e. The van der Waals surface area contributed by atoms with E-state index in [0.717, 1.165) is 28.1 Å². The highest BCUT2D eigenvalue weighted by atomic mass is 32.1. The number of anilines is 1. The van der Waals surface area contributed by atoms with Crippen LogP contribution in [0.5, 0.6) is 0 Å². The predicted molar refractivity (Wildman–Crippen MR) is 100 cm³/mol. The van der Waals surface area contributed by atoms with Crippen LogP contribution in [-0.2, 0) is 6.42 Å². The number of carbonyl (C=O) groups is 1. The van der Waals surface area contributed by atoms with Gasteiger partial charge in [-0.15, -0.1) is 11.3 Å². The zero-order chi connectivity index (χ0) is 18.5. The Morgan fingerprint density at radius 3 is 2.85 bits per heavy atom. The molecule has 1 amide bonds. The monoisotopic (exact) mass is 371 g/mol. The first-order valence-corrected chi connectivity index (χ1v) is 9.18. The van der Waals surface area contributed by atoms with Crippen molar-refractivity contribution in [2.75, 3.05) is 11.9 Å². The number of aryl methyl sites for hydroxylation is 1. The van der Waals surface area contributed by atoms with E-state index in [1.165, 1.54) is 11.3 Å². The normalized spacial score (nSPS) is 12.0. The van der Waals surface area contributed by atoms with E-state index in [2.05, 4.69) is 35.8 Å². The molecule has 3 aromatic rings. The summed E-state index contributed by atoms with van der Waals surface area (Å²) in [5.74, 6) is 0.541. The molecule has 1 unspecified atom stereocenters. The number of thiazole rings is 1. The molecule has 9 heteroatoms. The highest BCUT2D eigenvalue weighted by Gasteiger charge is 2.17. The summed E-state index contributed by atoms with van der Waals surface area (Å²) >= 11 is 1.50. The van der Waals surface area contributed by atoms with Gasteiger partial charge in [-0.05, 0) is 32.8 Å². The van der Waals surface area contributed by atoms with Crippen LogP contribution >= 0.6 is 11.3 Å². The second kappa shape index (κ2) is 8.05. The minimum atomic E-state index is -0.299. The number of rotatable bonds is 7. The molecule has 0 spiro atoms. The smallest absolute Gasteiger partial charge is 0.289 e. The fourth-order valence-corrected chi connectivity index (χ4v) is 3.04. The quantitative estimate of drug-likeness (QED) is 0.588. The first-order valence-electron chi connectivity index (χ1n) is 8.30. The highest BCUT2D eigenvalue weighted by Crippen LogP contribution is 2.18. The molecule has 0 aliphatic heterocycles. The maximum atomic E-state index is 12.5. The fourth-order valence-electron chi connectivity index (χ4n) is 2.41. The molecule has 0 aliphatic rings. The Bertz CT molecular complexity index is 862. The Kier molecular flexibility index (Phi) is 5.57. The van der Waals surface area contributed by atoms with E-state index in [4.69, 9.17) is 0 Å². The molecule has 1 atom stereocenters. The van der Waals surface area contributed by atoms with Gasteiger partial charge in [0, 0.05) is 35.1 Å². The van der Waals surface area contributed by atoms with E-state index in [1.54, 1.807) is 17.9 Å². The molecule has 0 aliphatic carbocycles. The van der Waals surface area contributed by atoms with Crippen LogP contribution in [0.3, 0.4) is 0 Å². The molecule has 0 saturated heterocycles. The van der Waals surface area contributed by atoms with Gasteiger partial charge in [0.15, 0.2) is 0 Å². The second-order valence-electron chi connectivity index (χ2n) is 5.99. The van der Waals surface area contributed by atoms with Crippen molar-refractivity contribution in [3.05, 3.63) is 51.6 Å². The summed E-state index contributed by atoms with van der Waals surface area (Å²) in [6.07, 6.45) is 6.21. The molecule has 0 aromatic carbocycles. The molecule has 136 valence electrons. The lowest BCUT2D eigenvalue weighted by Gasteiger charge is -2.14. The van der Waals surface area contributed by atoms with Gasteiger partial charge >= 0.3 is 0 Å². The summed E-state index contributed by atoms with van der Waals surface area (Å²) in [5, 5.41) is 12.9. The van der Waals surface area contributed by atoms with Crippen molar-refractivity contribution in [3.63, 3.8) is 0 Å². The molecular weight excluding hydrogens is 350 g/mol. The lowest BCUT2D eigenvalue weighted by Crippen LogP contribution is -2.28. The van der Waals surface area contributed by atoms with Gasteiger partial charge in [-0.25, -0.2) is 9.97 Å². The number of nitrogens with zero attached hydrogens (tertiary/aromatic N) is 4. The molecule has 3 N–H and O–H groups in total. The van der Waals surface area contributed by atoms with Crippen molar-refractivity contribution in [2.24, 2.45) is 0 Å². The van der Waals surface area contributed by atoms with Crippen molar-refractivity contribution < 1.29 is 4.79 Å². The van der Waals surface area contributed by atoms with Crippen molar-refractivity contribution in [1.29, 1.82) is 0 Å². The molecule has 0 fully saturated rings. The van der Waals surface area contributed by atoms with E-state index in [-0.39, 0.29) is 17.8 Å². The van der Waals surface area contributed by atoms with Crippen molar-refractivity contribution in [3.8, 4) is 0 Å². The molecule has 3 heterocycles. The van der Waals surface area contributed by atoms with Crippen LogP contribution in [0.15, 0.2) is 24.1 Å². The van der Waals surface area contributed by atoms with Crippen molar-refractivity contribution in [2.45, 2.75) is 33.2 Å². The number of amides is 1. The lowest BCUT2D eigenvalue weighted by molar-refractivity contribution is 0.0929. The Hall–Kier alpha value is -2.81. The van der Waals surface area contributed by atoms with Crippen LogP contribution in [0.4, 0.5) is 5.82 Å². The SMILES string of the molecule is Cc1nc(C(=O)NC(C)c2cncs2)nc(NCCc2cn[nH]c2)c1C. The van der Waals surface area contributed by atoms with Crippen LogP contribution in [0.2, 0.25) is 0 Å². The fraction of sp³-hybridized carbons (Fsp3) is 0.353. The van der Waals surface area contributed by atoms with E-state index in [0.29, 0.717) is 12.4 Å². The van der Waals surface area contributed by atoms with Crippen LogP contribution in [-0.4, -0.2) is 37.6 Å². The van der Waals surface area contributed by atoms with E-state index < -0.39 is 0 Å². The molecule has 0 bridgehead atoms. The summed E-state index contributed by atoms with van der Waals surface area (Å²) in [4.78, 5) is 26.3. The Labute approximate surface area is 155 Å². The van der Waals surface area contributed by atoms with Crippen LogP contribution in [0, 0.1) is 13.8 Å². The number of hydrogen-bond acceptors (Lipinski definition) is 7. The summed E-state index contributed by atoms with van der Waals surface area (Å²) < 4.78 is 0. The van der Waals surface area contributed by atoms with Gasteiger partial charge in [0.25, 0.3) is 5.91 Å². The number of hydrogen-bond donors (Lipinski definition) is 3. The van der Waals surface area contributed by atoms with Gasteiger partial charge in [0.2, 0.25) is 5.82 Å². The maximum absolute atomic E-state index is 12.5. The third-order valence-electron chi connectivity index (χ3n) is 4.08. The number of nitrogens with one attached hydrogen (secondary N) is 3. The minimum absolute atomic E-state index is 0.141. The number of aromatic nitrogens is 5. The molecular formula is C17H21N7OS. The molecule has 8 nitrogen and oxygen atoms in total. The maximum Gasteiger partial charge on any atom is 0.289 e. The Morgan fingerprint density at radius 1 is 1.31 bits per heavy atom. The molecule has 0 saturated carbocycles. The highest BCUT2D eigenvalue weighted by molar-refractivity contribution is 7.09.